The highest BCUT2D eigenvalue weighted by atomic mass is 19.1. The van der Waals surface area contributed by atoms with Crippen molar-refractivity contribution in [1.29, 1.82) is 0 Å². The zero-order chi connectivity index (χ0) is 12.2. The summed E-state index contributed by atoms with van der Waals surface area (Å²) in [6.45, 7) is 3.69. The molecule has 2 aliphatic carbocycles. The number of fused-ring (bicyclic) bond motifs is 1. The first-order valence-electron chi connectivity index (χ1n) is 6.40. The molecule has 0 N–H and O–H groups in total. The predicted octanol–water partition coefficient (Wildman–Crippen LogP) is 3.67. The third-order valence-corrected chi connectivity index (χ3v) is 4.39. The number of carbonyl (C=O) groups is 1. The number of Topliss-reactive ketones (excluding diaryl/α,β-unsaturated/α-hetero) is 1. The Labute approximate surface area is 101 Å². The van der Waals surface area contributed by atoms with Gasteiger partial charge in [0.15, 0.2) is 5.78 Å². The van der Waals surface area contributed by atoms with Gasteiger partial charge in [-0.2, -0.15) is 0 Å². The molecular weight excluding hydrogens is 215 g/mol. The molecule has 0 amide bonds. The van der Waals surface area contributed by atoms with E-state index in [1.165, 1.54) is 12.5 Å². The van der Waals surface area contributed by atoms with Gasteiger partial charge < -0.3 is 0 Å². The van der Waals surface area contributed by atoms with Crippen LogP contribution in [0.1, 0.15) is 40.7 Å². The molecule has 0 saturated heterocycles. The highest BCUT2D eigenvalue weighted by Gasteiger charge is 2.56. The van der Waals surface area contributed by atoms with Gasteiger partial charge >= 0.3 is 0 Å². The summed E-state index contributed by atoms with van der Waals surface area (Å²) in [6, 6.07) is 3.37. The first kappa shape index (κ1) is 10.9. The maximum absolute atomic E-state index is 13.9. The van der Waals surface area contributed by atoms with Crippen molar-refractivity contribution >= 4 is 5.78 Å². The van der Waals surface area contributed by atoms with E-state index in [4.69, 9.17) is 0 Å². The molecule has 17 heavy (non-hydrogen) atoms. The molecule has 2 fully saturated rings. The van der Waals surface area contributed by atoms with Crippen molar-refractivity contribution < 1.29 is 9.18 Å². The third kappa shape index (κ3) is 1.62. The molecule has 2 aliphatic rings. The summed E-state index contributed by atoms with van der Waals surface area (Å²) >= 11 is 0. The molecule has 0 radical (unpaired) electrons. The fourth-order valence-electron chi connectivity index (χ4n) is 3.60. The Balaban J connectivity index is 1.92. The number of rotatable bonds is 2. The van der Waals surface area contributed by atoms with Crippen LogP contribution in [-0.2, 0) is 0 Å². The maximum atomic E-state index is 13.9. The monoisotopic (exact) mass is 232 g/mol. The number of benzene rings is 1. The smallest absolute Gasteiger partial charge is 0.169 e. The van der Waals surface area contributed by atoms with E-state index in [9.17, 15) is 9.18 Å². The van der Waals surface area contributed by atoms with Crippen molar-refractivity contribution in [2.24, 2.45) is 17.8 Å². The van der Waals surface area contributed by atoms with Crippen LogP contribution in [0.25, 0.3) is 0 Å². The largest absolute Gasteiger partial charge is 0.294 e. The number of aryl methyl sites for hydroxylation is 2. The van der Waals surface area contributed by atoms with Gasteiger partial charge in [-0.1, -0.05) is 12.5 Å². The second-order valence-electron chi connectivity index (χ2n) is 5.59. The van der Waals surface area contributed by atoms with E-state index in [0.717, 1.165) is 24.0 Å². The van der Waals surface area contributed by atoms with E-state index in [1.807, 2.05) is 19.9 Å². The summed E-state index contributed by atoms with van der Waals surface area (Å²) in [5.74, 6) is 0.956. The standard InChI is InChI=1S/C15H17FO/c1-8-6-9(2)13(12(16)7-8)15(17)14-10-4-3-5-11(10)14/h6-7,10-11,14H,3-5H2,1-2H3. The quantitative estimate of drug-likeness (QED) is 0.711. The van der Waals surface area contributed by atoms with Gasteiger partial charge in [-0.25, -0.2) is 4.39 Å². The normalized spacial score (nSPS) is 30.2. The SMILES string of the molecule is Cc1cc(C)c(C(=O)C2C3CCCC32)c(F)c1. The van der Waals surface area contributed by atoms with Gasteiger partial charge in [-0.3, -0.25) is 4.79 Å². The molecule has 1 nitrogen and oxygen atoms in total. The second-order valence-corrected chi connectivity index (χ2v) is 5.59. The van der Waals surface area contributed by atoms with Gasteiger partial charge in [-0.15, -0.1) is 0 Å². The van der Waals surface area contributed by atoms with Crippen molar-refractivity contribution in [3.63, 3.8) is 0 Å². The zero-order valence-electron chi connectivity index (χ0n) is 10.3. The van der Waals surface area contributed by atoms with Crippen LogP contribution in [0.5, 0.6) is 0 Å². The van der Waals surface area contributed by atoms with Gasteiger partial charge in [0, 0.05) is 5.92 Å². The number of halogens is 1. The highest BCUT2D eigenvalue weighted by Crippen LogP contribution is 2.58. The Kier molecular flexibility index (Phi) is 2.35. The van der Waals surface area contributed by atoms with E-state index in [-0.39, 0.29) is 17.5 Å². The van der Waals surface area contributed by atoms with E-state index in [2.05, 4.69) is 0 Å². The average Bonchev–Trinajstić information content (AvgIpc) is 2.71. The van der Waals surface area contributed by atoms with Gasteiger partial charge in [-0.05, 0) is 55.7 Å². The van der Waals surface area contributed by atoms with Gasteiger partial charge in [0.05, 0.1) is 5.56 Å². The molecule has 0 aromatic heterocycles. The lowest BCUT2D eigenvalue weighted by atomic mass is 9.96. The Morgan fingerprint density at radius 3 is 2.47 bits per heavy atom. The molecule has 0 heterocycles. The van der Waals surface area contributed by atoms with E-state index < -0.39 is 0 Å². The summed E-state index contributed by atoms with van der Waals surface area (Å²) in [4.78, 5) is 12.3. The van der Waals surface area contributed by atoms with Crippen LogP contribution >= 0.6 is 0 Å². The van der Waals surface area contributed by atoms with E-state index >= 15 is 0 Å². The minimum Gasteiger partial charge on any atom is -0.294 e. The maximum Gasteiger partial charge on any atom is 0.169 e. The lowest BCUT2D eigenvalue weighted by Gasteiger charge is -2.09. The molecule has 2 heteroatoms. The molecule has 3 rings (SSSR count). The molecule has 1 aromatic carbocycles. The summed E-state index contributed by atoms with van der Waals surface area (Å²) in [6.07, 6.45) is 3.57. The average molecular weight is 232 g/mol. The topological polar surface area (TPSA) is 17.1 Å². The van der Waals surface area contributed by atoms with E-state index in [1.54, 1.807) is 0 Å². The summed E-state index contributed by atoms with van der Waals surface area (Å²) in [5, 5.41) is 0. The van der Waals surface area contributed by atoms with Gasteiger partial charge in [0.2, 0.25) is 0 Å². The lowest BCUT2D eigenvalue weighted by Crippen LogP contribution is -2.11. The Bertz CT molecular complexity index is 459. The molecule has 2 atom stereocenters. The fraction of sp³-hybridized carbons (Fsp3) is 0.533. The Hall–Kier alpha value is -1.18. The van der Waals surface area contributed by atoms with Crippen LogP contribution in [0.4, 0.5) is 4.39 Å². The van der Waals surface area contributed by atoms with Crippen molar-refractivity contribution in [1.82, 2.24) is 0 Å². The number of hydrogen-bond donors (Lipinski definition) is 0. The first-order chi connectivity index (χ1) is 8.09. The molecular formula is C15H17FO. The van der Waals surface area contributed by atoms with Crippen molar-refractivity contribution in [3.05, 3.63) is 34.6 Å². The lowest BCUT2D eigenvalue weighted by molar-refractivity contribution is 0.0947. The molecule has 1 aromatic rings. The van der Waals surface area contributed by atoms with E-state index in [0.29, 0.717) is 17.4 Å². The summed E-state index contributed by atoms with van der Waals surface area (Å²) in [7, 11) is 0. The minimum atomic E-state index is -0.336. The fourth-order valence-corrected chi connectivity index (χ4v) is 3.60. The Morgan fingerprint density at radius 1 is 1.24 bits per heavy atom. The highest BCUT2D eigenvalue weighted by molar-refractivity contribution is 6.01. The molecule has 90 valence electrons. The molecule has 2 saturated carbocycles. The Morgan fingerprint density at radius 2 is 1.88 bits per heavy atom. The van der Waals surface area contributed by atoms with Gasteiger partial charge in [0.25, 0.3) is 0 Å². The van der Waals surface area contributed by atoms with Crippen molar-refractivity contribution in [2.45, 2.75) is 33.1 Å². The molecule has 2 unspecified atom stereocenters. The van der Waals surface area contributed by atoms with Crippen LogP contribution in [0, 0.1) is 37.4 Å². The molecule has 0 spiro atoms. The number of carbonyl (C=O) groups excluding carboxylic acids is 1. The van der Waals surface area contributed by atoms with Crippen LogP contribution in [-0.4, -0.2) is 5.78 Å². The molecule has 0 aliphatic heterocycles. The predicted molar refractivity (Wildman–Crippen MR) is 64.5 cm³/mol. The van der Waals surface area contributed by atoms with Crippen LogP contribution in [0.15, 0.2) is 12.1 Å². The summed E-state index contributed by atoms with van der Waals surface area (Å²) < 4.78 is 13.9. The minimum absolute atomic E-state index is 0.0506. The van der Waals surface area contributed by atoms with Crippen molar-refractivity contribution in [2.75, 3.05) is 0 Å². The van der Waals surface area contributed by atoms with Crippen LogP contribution in [0.3, 0.4) is 0 Å². The molecule has 0 bridgehead atoms. The van der Waals surface area contributed by atoms with Gasteiger partial charge in [0.1, 0.15) is 5.82 Å². The zero-order valence-corrected chi connectivity index (χ0v) is 10.3. The second kappa shape index (κ2) is 3.66. The van der Waals surface area contributed by atoms with Crippen LogP contribution in [0.2, 0.25) is 0 Å². The number of ketones is 1. The number of hydrogen-bond acceptors (Lipinski definition) is 1. The third-order valence-electron chi connectivity index (χ3n) is 4.39. The first-order valence-corrected chi connectivity index (χ1v) is 6.40. The summed E-state index contributed by atoms with van der Waals surface area (Å²) in [5.41, 5.74) is 2.01. The van der Waals surface area contributed by atoms with Crippen molar-refractivity contribution in [3.8, 4) is 0 Å². The van der Waals surface area contributed by atoms with Crippen LogP contribution < -0.4 is 0 Å².